The van der Waals surface area contributed by atoms with Gasteiger partial charge in [-0.2, -0.15) is 13.2 Å². The summed E-state index contributed by atoms with van der Waals surface area (Å²) in [5.74, 6) is 1.05. The van der Waals surface area contributed by atoms with Gasteiger partial charge in [-0.15, -0.1) is 35.3 Å². The van der Waals surface area contributed by atoms with E-state index in [0.29, 0.717) is 23.8 Å². The number of rotatable bonds is 8. The average molecular weight is 558 g/mol. The molecular weight excluding hydrogens is 532 g/mol. The number of halogens is 4. The third-order valence-corrected chi connectivity index (χ3v) is 4.47. The van der Waals surface area contributed by atoms with E-state index in [0.717, 1.165) is 16.7 Å². The Morgan fingerprint density at radius 2 is 2.03 bits per heavy atom. The molecule has 0 radical (unpaired) electrons. The van der Waals surface area contributed by atoms with E-state index < -0.39 is 18.0 Å². The summed E-state index contributed by atoms with van der Waals surface area (Å²) in [7, 11) is 0. The molecule has 0 aliphatic rings. The fourth-order valence-corrected chi connectivity index (χ4v) is 3.10. The van der Waals surface area contributed by atoms with Gasteiger partial charge in [-0.05, 0) is 38.5 Å². The molecule has 6 nitrogen and oxygen atoms in total. The van der Waals surface area contributed by atoms with Crippen LogP contribution in [0.2, 0.25) is 0 Å². The number of guanidine groups is 1. The lowest BCUT2D eigenvalue weighted by Crippen LogP contribution is -2.39. The van der Waals surface area contributed by atoms with Crippen molar-refractivity contribution in [3.63, 3.8) is 0 Å². The first-order chi connectivity index (χ1) is 13.7. The molecule has 0 saturated heterocycles. The zero-order chi connectivity index (χ0) is 21.4. The molecule has 1 heterocycles. The van der Waals surface area contributed by atoms with Crippen molar-refractivity contribution < 1.29 is 23.0 Å². The quantitative estimate of drug-likeness (QED) is 0.255. The minimum atomic E-state index is -4.46. The number of hydrogen-bond donors (Lipinski definition) is 3. The molecule has 1 aromatic heterocycles. The standard InChI is InChI=1S/C19H25F3N4O2S.HI/c1-4-23-18(25-10-17-26-16(11-29-17)19(20,21)22)24-9-15(27)13-6-5-7-14(8-13)28-12(2)3;/h5-8,11-12,15,27H,4,9-10H2,1-3H3,(H2,23,24,25);1H. The van der Waals surface area contributed by atoms with Crippen molar-refractivity contribution >= 4 is 41.3 Å². The van der Waals surface area contributed by atoms with E-state index in [1.807, 2.05) is 26.8 Å². The van der Waals surface area contributed by atoms with Crippen molar-refractivity contribution in [2.75, 3.05) is 13.1 Å². The molecule has 0 aliphatic carbocycles. The van der Waals surface area contributed by atoms with Gasteiger partial charge in [0, 0.05) is 18.5 Å². The molecule has 1 aromatic carbocycles. The number of alkyl halides is 3. The topological polar surface area (TPSA) is 78.8 Å². The lowest BCUT2D eigenvalue weighted by molar-refractivity contribution is -0.140. The monoisotopic (exact) mass is 558 g/mol. The van der Waals surface area contributed by atoms with Crippen LogP contribution in [0, 0.1) is 0 Å². The van der Waals surface area contributed by atoms with Crippen LogP contribution >= 0.6 is 35.3 Å². The number of nitrogens with one attached hydrogen (secondary N) is 2. The summed E-state index contributed by atoms with van der Waals surface area (Å²) in [6.45, 7) is 6.44. The van der Waals surface area contributed by atoms with Crippen LogP contribution in [0.25, 0.3) is 0 Å². The van der Waals surface area contributed by atoms with E-state index in [9.17, 15) is 18.3 Å². The lowest BCUT2D eigenvalue weighted by Gasteiger charge is -2.17. The van der Waals surface area contributed by atoms with Crippen molar-refractivity contribution in [1.29, 1.82) is 0 Å². The van der Waals surface area contributed by atoms with Gasteiger partial charge in [0.1, 0.15) is 10.8 Å². The zero-order valence-electron chi connectivity index (χ0n) is 16.9. The van der Waals surface area contributed by atoms with Gasteiger partial charge in [0.15, 0.2) is 11.7 Å². The maximum Gasteiger partial charge on any atom is 0.434 e. The number of benzene rings is 1. The van der Waals surface area contributed by atoms with Crippen molar-refractivity contribution in [2.24, 2.45) is 4.99 Å². The van der Waals surface area contributed by atoms with Gasteiger partial charge in [0.05, 0.1) is 18.8 Å². The smallest absolute Gasteiger partial charge is 0.434 e. The molecule has 2 rings (SSSR count). The maximum absolute atomic E-state index is 12.6. The molecule has 0 saturated carbocycles. The molecule has 2 aromatic rings. The average Bonchev–Trinajstić information content (AvgIpc) is 3.13. The summed E-state index contributed by atoms with van der Waals surface area (Å²) in [5, 5.41) is 17.7. The van der Waals surface area contributed by atoms with Crippen LogP contribution in [0.3, 0.4) is 0 Å². The molecule has 0 amide bonds. The van der Waals surface area contributed by atoms with Crippen molar-refractivity contribution in [3.8, 4) is 5.75 Å². The Hall–Kier alpha value is -1.60. The molecule has 168 valence electrons. The summed E-state index contributed by atoms with van der Waals surface area (Å²) in [4.78, 5) is 7.80. The largest absolute Gasteiger partial charge is 0.491 e. The lowest BCUT2D eigenvalue weighted by atomic mass is 10.1. The van der Waals surface area contributed by atoms with Crippen LogP contribution in [-0.4, -0.2) is 35.2 Å². The highest BCUT2D eigenvalue weighted by Gasteiger charge is 2.33. The first-order valence-electron chi connectivity index (χ1n) is 9.17. The van der Waals surface area contributed by atoms with E-state index in [2.05, 4.69) is 20.6 Å². The normalized spacial score (nSPS) is 13.0. The molecule has 30 heavy (non-hydrogen) atoms. The number of aliphatic imine (C=N–C) groups is 1. The van der Waals surface area contributed by atoms with Crippen LogP contribution in [-0.2, 0) is 12.7 Å². The molecule has 3 N–H and O–H groups in total. The third kappa shape index (κ3) is 8.64. The number of aliphatic hydroxyl groups is 1. The minimum Gasteiger partial charge on any atom is -0.491 e. The number of thiazole rings is 1. The van der Waals surface area contributed by atoms with Crippen molar-refractivity contribution in [3.05, 3.63) is 45.9 Å². The first kappa shape index (κ1) is 26.4. The predicted octanol–water partition coefficient (Wildman–Crippen LogP) is 4.36. The highest BCUT2D eigenvalue weighted by atomic mass is 127. The van der Waals surface area contributed by atoms with Crippen LogP contribution in [0.4, 0.5) is 13.2 Å². The first-order valence-corrected chi connectivity index (χ1v) is 10.1. The minimum absolute atomic E-state index is 0. The van der Waals surface area contributed by atoms with Gasteiger partial charge in [0.2, 0.25) is 0 Å². The van der Waals surface area contributed by atoms with Gasteiger partial charge in [-0.1, -0.05) is 12.1 Å². The Kier molecular flexibility index (Phi) is 10.8. The fourth-order valence-electron chi connectivity index (χ4n) is 2.38. The van der Waals surface area contributed by atoms with E-state index in [1.165, 1.54) is 0 Å². The molecule has 0 fully saturated rings. The second-order valence-electron chi connectivity index (χ2n) is 6.46. The SMILES string of the molecule is CCNC(=NCc1nc(C(F)(F)F)cs1)NCC(O)c1cccc(OC(C)C)c1.I. The maximum atomic E-state index is 12.6. The fraction of sp³-hybridized carbons (Fsp3) is 0.474. The van der Waals surface area contributed by atoms with Crippen molar-refractivity contribution in [2.45, 2.75) is 45.7 Å². The van der Waals surface area contributed by atoms with Gasteiger partial charge in [-0.25, -0.2) is 9.98 Å². The summed E-state index contributed by atoms with van der Waals surface area (Å²) in [5.41, 5.74) is -0.231. The summed E-state index contributed by atoms with van der Waals surface area (Å²) >= 11 is 0.907. The van der Waals surface area contributed by atoms with Crippen molar-refractivity contribution in [1.82, 2.24) is 15.6 Å². The van der Waals surface area contributed by atoms with Crippen LogP contribution in [0.15, 0.2) is 34.6 Å². The molecular formula is C19H26F3IN4O2S. The number of aromatic nitrogens is 1. The van der Waals surface area contributed by atoms with Gasteiger partial charge in [-0.3, -0.25) is 0 Å². The van der Waals surface area contributed by atoms with Gasteiger partial charge < -0.3 is 20.5 Å². The van der Waals surface area contributed by atoms with Gasteiger partial charge >= 0.3 is 6.18 Å². The van der Waals surface area contributed by atoms with E-state index >= 15 is 0 Å². The molecule has 1 atom stereocenters. The molecule has 11 heteroatoms. The Balaban J connectivity index is 0.00000450. The van der Waals surface area contributed by atoms with E-state index in [-0.39, 0.29) is 48.2 Å². The Morgan fingerprint density at radius 3 is 2.63 bits per heavy atom. The summed E-state index contributed by atoms with van der Waals surface area (Å²) in [6.07, 6.45) is -5.25. The molecule has 0 bridgehead atoms. The zero-order valence-corrected chi connectivity index (χ0v) is 20.0. The second kappa shape index (κ2) is 12.3. The van der Waals surface area contributed by atoms with E-state index in [1.54, 1.807) is 18.2 Å². The van der Waals surface area contributed by atoms with Crippen LogP contribution in [0.5, 0.6) is 5.75 Å². The van der Waals surface area contributed by atoms with E-state index in [4.69, 9.17) is 4.74 Å². The molecule has 0 spiro atoms. The molecule has 0 aliphatic heterocycles. The number of aliphatic hydroxyl groups excluding tert-OH is 1. The number of nitrogens with zero attached hydrogens (tertiary/aromatic N) is 2. The third-order valence-electron chi connectivity index (χ3n) is 3.64. The van der Waals surface area contributed by atoms with Gasteiger partial charge in [0.25, 0.3) is 0 Å². The second-order valence-corrected chi connectivity index (χ2v) is 7.40. The Labute approximate surface area is 195 Å². The summed E-state index contributed by atoms with van der Waals surface area (Å²) < 4.78 is 43.5. The molecule has 1 unspecified atom stereocenters. The number of hydrogen-bond acceptors (Lipinski definition) is 5. The van der Waals surface area contributed by atoms with Crippen LogP contribution < -0.4 is 15.4 Å². The summed E-state index contributed by atoms with van der Waals surface area (Å²) in [6, 6.07) is 7.18. The highest BCUT2D eigenvalue weighted by Crippen LogP contribution is 2.30. The number of ether oxygens (including phenoxy) is 1. The Morgan fingerprint density at radius 1 is 1.30 bits per heavy atom. The Bertz CT molecular complexity index is 815. The van der Waals surface area contributed by atoms with Crippen LogP contribution in [0.1, 0.15) is 43.1 Å². The highest BCUT2D eigenvalue weighted by molar-refractivity contribution is 14.0. The predicted molar refractivity (Wildman–Crippen MR) is 123 cm³/mol.